The van der Waals surface area contributed by atoms with Crippen LogP contribution in [0, 0.1) is 5.41 Å². The first-order chi connectivity index (χ1) is 9.95. The maximum atomic E-state index is 5.85. The van der Waals surface area contributed by atoms with Crippen LogP contribution in [0.1, 0.15) is 93.9 Å². The number of hydrogen-bond donors (Lipinski definition) is 0. The van der Waals surface area contributed by atoms with Gasteiger partial charge in [-0.25, -0.2) is 9.78 Å². The third kappa shape index (κ3) is 6.15. The molecule has 0 spiro atoms. The van der Waals surface area contributed by atoms with Crippen LogP contribution in [0.4, 0.5) is 0 Å². The lowest BCUT2D eigenvalue weighted by atomic mass is 9.74. The number of hydrogen-bond acceptors (Lipinski definition) is 4. The summed E-state index contributed by atoms with van der Waals surface area (Å²) in [4.78, 5) is 23.1. The van der Waals surface area contributed by atoms with Crippen LogP contribution in [0.5, 0.6) is 0 Å². The molecule has 132 valence electrons. The fraction of sp³-hybridized carbons (Fsp3) is 1.00. The molecule has 1 rings (SSSR count). The monoisotopic (exact) mass is 316 g/mol. The van der Waals surface area contributed by atoms with E-state index in [4.69, 9.17) is 19.6 Å². The molecule has 1 fully saturated rings. The molecule has 0 radical (unpaired) electrons. The van der Waals surface area contributed by atoms with E-state index in [9.17, 15) is 0 Å². The molecule has 0 heterocycles. The van der Waals surface area contributed by atoms with Crippen molar-refractivity contribution in [1.29, 1.82) is 0 Å². The summed E-state index contributed by atoms with van der Waals surface area (Å²) in [7, 11) is 0. The van der Waals surface area contributed by atoms with Crippen LogP contribution < -0.4 is 0 Å². The molecule has 4 heteroatoms. The predicted octanol–water partition coefficient (Wildman–Crippen LogP) is 5.56. The van der Waals surface area contributed by atoms with Gasteiger partial charge >= 0.3 is 0 Å². The molecular weight excluding hydrogens is 280 g/mol. The summed E-state index contributed by atoms with van der Waals surface area (Å²) in [6.07, 6.45) is 5.49. The average molecular weight is 316 g/mol. The zero-order valence-electron chi connectivity index (χ0n) is 15.9. The van der Waals surface area contributed by atoms with Gasteiger partial charge in [-0.1, -0.05) is 27.7 Å². The molecule has 0 atom stereocenters. The van der Waals surface area contributed by atoms with Crippen LogP contribution in [-0.4, -0.2) is 17.0 Å². The molecule has 0 unspecified atom stereocenters. The molecule has 0 amide bonds. The number of rotatable bonds is 8. The standard InChI is InChI=1S/C18H36O4/c1-9-16(5,6)19-21-18(22-20-17(7,8)10-2)13-11-12-15(3,4)14-18/h9-14H2,1-8H3. The molecule has 0 aliphatic heterocycles. The first-order valence-electron chi connectivity index (χ1n) is 8.69. The summed E-state index contributed by atoms with van der Waals surface area (Å²) in [5.74, 6) is -0.819. The van der Waals surface area contributed by atoms with E-state index in [0.717, 1.165) is 38.5 Å². The second-order valence-corrected chi connectivity index (χ2v) is 8.67. The minimum atomic E-state index is -0.819. The normalized spacial score (nSPS) is 21.8. The molecule has 1 aliphatic carbocycles. The van der Waals surface area contributed by atoms with Crippen molar-refractivity contribution in [1.82, 2.24) is 0 Å². The highest BCUT2D eigenvalue weighted by Crippen LogP contribution is 2.45. The summed E-state index contributed by atoms with van der Waals surface area (Å²) in [6.45, 7) is 16.7. The van der Waals surface area contributed by atoms with Crippen molar-refractivity contribution < 1.29 is 19.6 Å². The lowest BCUT2D eigenvalue weighted by Gasteiger charge is -2.44. The molecule has 4 nitrogen and oxygen atoms in total. The van der Waals surface area contributed by atoms with E-state index in [0.29, 0.717) is 0 Å². The lowest BCUT2D eigenvalue weighted by molar-refractivity contribution is -0.551. The Kier molecular flexibility index (Phi) is 6.48. The van der Waals surface area contributed by atoms with Crippen LogP contribution in [0.15, 0.2) is 0 Å². The third-order valence-electron chi connectivity index (χ3n) is 4.70. The Morgan fingerprint density at radius 3 is 1.64 bits per heavy atom. The maximum Gasteiger partial charge on any atom is 0.234 e. The van der Waals surface area contributed by atoms with Crippen LogP contribution in [0.3, 0.4) is 0 Å². The predicted molar refractivity (Wildman–Crippen MR) is 88.1 cm³/mol. The van der Waals surface area contributed by atoms with Crippen molar-refractivity contribution in [2.24, 2.45) is 5.41 Å². The zero-order valence-corrected chi connectivity index (χ0v) is 15.9. The van der Waals surface area contributed by atoms with Gasteiger partial charge in [-0.3, -0.25) is 0 Å². The van der Waals surface area contributed by atoms with Crippen molar-refractivity contribution >= 4 is 0 Å². The largest absolute Gasteiger partial charge is 0.234 e. The fourth-order valence-corrected chi connectivity index (χ4v) is 2.39. The van der Waals surface area contributed by atoms with Crippen LogP contribution >= 0.6 is 0 Å². The van der Waals surface area contributed by atoms with Gasteiger partial charge in [-0.15, -0.1) is 0 Å². The lowest BCUT2D eigenvalue weighted by Crippen LogP contribution is -2.47. The third-order valence-corrected chi connectivity index (χ3v) is 4.70. The molecule has 1 aliphatic rings. The Labute approximate surface area is 136 Å². The Morgan fingerprint density at radius 2 is 1.27 bits per heavy atom. The first kappa shape index (κ1) is 19.9. The minimum Gasteiger partial charge on any atom is -0.228 e. The highest BCUT2D eigenvalue weighted by Gasteiger charge is 2.46. The van der Waals surface area contributed by atoms with E-state index in [1.54, 1.807) is 0 Å². The molecule has 1 saturated carbocycles. The summed E-state index contributed by atoms with van der Waals surface area (Å²) in [5, 5.41) is 0. The summed E-state index contributed by atoms with van der Waals surface area (Å²) in [6, 6.07) is 0. The second kappa shape index (κ2) is 7.16. The Bertz CT molecular complexity index is 327. The molecule has 0 aromatic rings. The van der Waals surface area contributed by atoms with E-state index in [1.165, 1.54) is 0 Å². The van der Waals surface area contributed by atoms with Gasteiger partial charge in [0.1, 0.15) is 0 Å². The second-order valence-electron chi connectivity index (χ2n) is 8.67. The zero-order chi connectivity index (χ0) is 17.1. The van der Waals surface area contributed by atoms with E-state index in [-0.39, 0.29) is 16.6 Å². The van der Waals surface area contributed by atoms with Crippen LogP contribution in [0.2, 0.25) is 0 Å². The Morgan fingerprint density at radius 1 is 0.818 bits per heavy atom. The smallest absolute Gasteiger partial charge is 0.228 e. The van der Waals surface area contributed by atoms with Crippen molar-refractivity contribution in [3.63, 3.8) is 0 Å². The van der Waals surface area contributed by atoms with E-state index in [2.05, 4.69) is 27.7 Å². The molecular formula is C18H36O4. The van der Waals surface area contributed by atoms with Gasteiger partial charge in [0, 0.05) is 12.8 Å². The van der Waals surface area contributed by atoms with Gasteiger partial charge in [-0.2, -0.15) is 9.78 Å². The van der Waals surface area contributed by atoms with Crippen molar-refractivity contribution in [2.75, 3.05) is 0 Å². The van der Waals surface area contributed by atoms with E-state index >= 15 is 0 Å². The van der Waals surface area contributed by atoms with Gasteiger partial charge in [0.25, 0.3) is 0 Å². The van der Waals surface area contributed by atoms with Crippen molar-refractivity contribution in [3.05, 3.63) is 0 Å². The highest BCUT2D eigenvalue weighted by atomic mass is 17.3. The molecule has 0 bridgehead atoms. The van der Waals surface area contributed by atoms with E-state index in [1.807, 2.05) is 27.7 Å². The summed E-state index contributed by atoms with van der Waals surface area (Å²) < 4.78 is 0. The van der Waals surface area contributed by atoms with Crippen LogP contribution in [-0.2, 0) is 19.6 Å². The SMILES string of the molecule is CCC(C)(C)OOC1(OOC(C)(C)CC)CCCC(C)(C)C1. The van der Waals surface area contributed by atoms with Crippen molar-refractivity contribution in [3.8, 4) is 0 Å². The highest BCUT2D eigenvalue weighted by molar-refractivity contribution is 4.85. The van der Waals surface area contributed by atoms with E-state index < -0.39 is 5.79 Å². The summed E-state index contributed by atoms with van der Waals surface area (Å²) in [5.41, 5.74) is -0.520. The van der Waals surface area contributed by atoms with Crippen LogP contribution in [0.25, 0.3) is 0 Å². The Balaban J connectivity index is 2.81. The first-order valence-corrected chi connectivity index (χ1v) is 8.69. The van der Waals surface area contributed by atoms with Gasteiger partial charge < -0.3 is 0 Å². The van der Waals surface area contributed by atoms with Gasteiger partial charge in [0.15, 0.2) is 0 Å². The van der Waals surface area contributed by atoms with Crippen molar-refractivity contribution in [2.45, 2.75) is 111 Å². The molecule has 0 saturated heterocycles. The average Bonchev–Trinajstić information content (AvgIpc) is 2.43. The van der Waals surface area contributed by atoms with Gasteiger partial charge in [-0.05, 0) is 58.8 Å². The minimum absolute atomic E-state index is 0.150. The van der Waals surface area contributed by atoms with Gasteiger partial charge in [0.2, 0.25) is 5.79 Å². The quantitative estimate of drug-likeness (QED) is 0.334. The summed E-state index contributed by atoms with van der Waals surface area (Å²) >= 11 is 0. The molecule has 0 aromatic carbocycles. The topological polar surface area (TPSA) is 36.9 Å². The van der Waals surface area contributed by atoms with Gasteiger partial charge in [0.05, 0.1) is 11.2 Å². The fourth-order valence-electron chi connectivity index (χ4n) is 2.39. The molecule has 0 N–H and O–H groups in total. The maximum absolute atomic E-state index is 5.85. The Hall–Kier alpha value is -0.160. The molecule has 0 aromatic heterocycles. The molecule has 22 heavy (non-hydrogen) atoms.